The molecular formula is C23H18ClF5N2O3. The third-order valence-electron chi connectivity index (χ3n) is 5.74. The summed E-state index contributed by atoms with van der Waals surface area (Å²) in [7, 11) is 0. The van der Waals surface area contributed by atoms with Gasteiger partial charge < -0.3 is 14.2 Å². The van der Waals surface area contributed by atoms with Gasteiger partial charge in [-0.25, -0.2) is 4.68 Å². The quantitative estimate of drug-likeness (QED) is 0.287. The van der Waals surface area contributed by atoms with Gasteiger partial charge in [0.1, 0.15) is 11.9 Å². The van der Waals surface area contributed by atoms with Crippen LogP contribution in [0.3, 0.4) is 0 Å². The Labute approximate surface area is 196 Å². The highest BCUT2D eigenvalue weighted by Crippen LogP contribution is 2.44. The molecule has 34 heavy (non-hydrogen) atoms. The Bertz CT molecular complexity index is 1240. The number of halogens is 6. The number of nitrogens with zero attached hydrogens (tertiary/aromatic N) is 2. The molecular weight excluding hydrogens is 483 g/mol. The highest BCUT2D eigenvalue weighted by atomic mass is 35.5. The van der Waals surface area contributed by atoms with E-state index in [1.165, 1.54) is 16.8 Å². The van der Waals surface area contributed by atoms with Crippen molar-refractivity contribution in [3.63, 3.8) is 0 Å². The summed E-state index contributed by atoms with van der Waals surface area (Å²) in [5, 5.41) is 3.27. The summed E-state index contributed by atoms with van der Waals surface area (Å²) in [5.41, 5.74) is 0.443. The molecule has 1 aliphatic heterocycles. The maximum absolute atomic E-state index is 13.6. The highest BCUT2D eigenvalue weighted by Gasteiger charge is 2.44. The summed E-state index contributed by atoms with van der Waals surface area (Å²) in [6, 6.07) is 10.8. The predicted octanol–water partition coefficient (Wildman–Crippen LogP) is 6.97. The van der Waals surface area contributed by atoms with Gasteiger partial charge in [0.05, 0.1) is 16.8 Å². The summed E-state index contributed by atoms with van der Waals surface area (Å²) in [6.45, 7) is 1.70. The monoisotopic (exact) mass is 500 g/mol. The van der Waals surface area contributed by atoms with Crippen molar-refractivity contribution in [2.45, 2.75) is 50.1 Å². The van der Waals surface area contributed by atoms with Crippen LogP contribution in [0.4, 0.5) is 22.0 Å². The van der Waals surface area contributed by atoms with Crippen molar-refractivity contribution in [2.24, 2.45) is 0 Å². The van der Waals surface area contributed by atoms with Crippen molar-refractivity contribution in [1.29, 1.82) is 0 Å². The lowest BCUT2D eigenvalue weighted by molar-refractivity contribution is -0.286. The van der Waals surface area contributed by atoms with Crippen LogP contribution in [0.15, 0.2) is 42.5 Å². The summed E-state index contributed by atoms with van der Waals surface area (Å²) < 4.78 is 83.4. The van der Waals surface area contributed by atoms with Crippen LogP contribution >= 0.6 is 11.6 Å². The van der Waals surface area contributed by atoms with Crippen molar-refractivity contribution >= 4 is 11.6 Å². The smallest absolute Gasteiger partial charge is 0.486 e. The Kier molecular flexibility index (Phi) is 5.38. The van der Waals surface area contributed by atoms with Gasteiger partial charge >= 0.3 is 12.5 Å². The summed E-state index contributed by atoms with van der Waals surface area (Å²) in [5.74, 6) is 0.165. The van der Waals surface area contributed by atoms with Gasteiger partial charge in [0, 0.05) is 11.6 Å². The van der Waals surface area contributed by atoms with Gasteiger partial charge in [-0.3, -0.25) is 0 Å². The van der Waals surface area contributed by atoms with Gasteiger partial charge in [0.2, 0.25) is 0 Å². The van der Waals surface area contributed by atoms with Gasteiger partial charge in [-0.2, -0.15) is 18.3 Å². The molecule has 2 atom stereocenters. The Morgan fingerprint density at radius 2 is 1.91 bits per heavy atom. The van der Waals surface area contributed by atoms with Gasteiger partial charge in [0.15, 0.2) is 17.2 Å². The first-order valence-electron chi connectivity index (χ1n) is 10.5. The average Bonchev–Trinajstić information content (AvgIpc) is 3.30. The van der Waals surface area contributed by atoms with Crippen LogP contribution in [0.1, 0.15) is 53.8 Å². The second-order valence-corrected chi connectivity index (χ2v) is 8.64. The van der Waals surface area contributed by atoms with E-state index >= 15 is 0 Å². The first kappa shape index (κ1) is 22.8. The van der Waals surface area contributed by atoms with Crippen molar-refractivity contribution in [3.05, 3.63) is 65.0 Å². The van der Waals surface area contributed by atoms with E-state index in [2.05, 4.69) is 14.6 Å². The molecule has 0 amide bonds. The van der Waals surface area contributed by atoms with Crippen LogP contribution in [0.5, 0.6) is 17.2 Å². The molecule has 0 spiro atoms. The zero-order valence-corrected chi connectivity index (χ0v) is 18.5. The van der Waals surface area contributed by atoms with Crippen LogP contribution in [0.25, 0.3) is 5.69 Å². The maximum Gasteiger partial charge on any atom is 0.586 e. The molecule has 5 rings (SSSR count). The number of alkyl halides is 6. The van der Waals surface area contributed by atoms with Crippen molar-refractivity contribution in [2.75, 3.05) is 0 Å². The number of aromatic nitrogens is 2. The summed E-state index contributed by atoms with van der Waals surface area (Å²) >= 11 is 6.40. The zero-order valence-electron chi connectivity index (χ0n) is 17.7. The first-order valence-corrected chi connectivity index (χ1v) is 11.0. The fourth-order valence-corrected chi connectivity index (χ4v) is 4.61. The van der Waals surface area contributed by atoms with Crippen LogP contribution < -0.4 is 14.2 Å². The molecule has 3 aromatic rings. The lowest BCUT2D eigenvalue weighted by Gasteiger charge is -2.20. The molecule has 0 fully saturated rings. The molecule has 11 heteroatoms. The highest BCUT2D eigenvalue weighted by molar-refractivity contribution is 6.20. The van der Waals surface area contributed by atoms with Gasteiger partial charge in [0.25, 0.3) is 0 Å². The van der Waals surface area contributed by atoms with Gasteiger partial charge in [-0.05, 0) is 56.0 Å². The predicted molar refractivity (Wildman–Crippen MR) is 112 cm³/mol. The number of hydrogen-bond acceptors (Lipinski definition) is 4. The van der Waals surface area contributed by atoms with E-state index in [1.807, 2.05) is 0 Å². The molecule has 2 aromatic carbocycles. The molecule has 0 N–H and O–H groups in total. The second-order valence-electron chi connectivity index (χ2n) is 8.11. The molecule has 1 unspecified atom stereocenters. The SMILES string of the molecule is C[C@@H](Oc1cccc(-n2nc(C(F)(F)F)c3c2C(Cl)CCC3)c1)c1ccc2c(c1)OC(F)(F)O2. The number of hydrogen-bond donors (Lipinski definition) is 0. The van der Waals surface area contributed by atoms with Crippen LogP contribution in [0, 0.1) is 0 Å². The molecule has 0 saturated carbocycles. The molecule has 180 valence electrons. The summed E-state index contributed by atoms with van der Waals surface area (Å²) in [4.78, 5) is 0. The maximum atomic E-state index is 13.6. The molecule has 1 aliphatic carbocycles. The van der Waals surface area contributed by atoms with E-state index < -0.39 is 29.6 Å². The minimum Gasteiger partial charge on any atom is -0.486 e. The average molecular weight is 501 g/mol. The van der Waals surface area contributed by atoms with E-state index in [0.29, 0.717) is 35.5 Å². The molecule has 1 aromatic heterocycles. The summed E-state index contributed by atoms with van der Waals surface area (Å²) in [6.07, 6.45) is -7.55. The number of benzene rings is 2. The Balaban J connectivity index is 1.44. The first-order chi connectivity index (χ1) is 16.0. The van der Waals surface area contributed by atoms with Crippen molar-refractivity contribution in [1.82, 2.24) is 9.78 Å². The van der Waals surface area contributed by atoms with Crippen molar-refractivity contribution < 1.29 is 36.2 Å². The molecule has 0 radical (unpaired) electrons. The normalized spacial score (nSPS) is 19.6. The largest absolute Gasteiger partial charge is 0.586 e. The van der Waals surface area contributed by atoms with E-state index in [-0.39, 0.29) is 23.5 Å². The molecule has 2 aliphatic rings. The Hall–Kier alpha value is -3.01. The molecule has 2 heterocycles. The lowest BCUT2D eigenvalue weighted by Crippen LogP contribution is -2.25. The van der Waals surface area contributed by atoms with Crippen molar-refractivity contribution in [3.8, 4) is 22.9 Å². The van der Waals surface area contributed by atoms with Gasteiger partial charge in [-0.15, -0.1) is 20.4 Å². The zero-order chi connectivity index (χ0) is 24.3. The van der Waals surface area contributed by atoms with E-state index in [9.17, 15) is 22.0 Å². The molecule has 5 nitrogen and oxygen atoms in total. The van der Waals surface area contributed by atoms with E-state index in [1.54, 1.807) is 37.3 Å². The third kappa shape index (κ3) is 4.15. The number of fused-ring (bicyclic) bond motifs is 2. The fourth-order valence-electron chi connectivity index (χ4n) is 4.23. The van der Waals surface area contributed by atoms with Crippen LogP contribution in [-0.4, -0.2) is 16.1 Å². The lowest BCUT2D eigenvalue weighted by atomic mass is 9.95. The van der Waals surface area contributed by atoms with E-state index in [0.717, 1.165) is 0 Å². The van der Waals surface area contributed by atoms with Gasteiger partial charge in [-0.1, -0.05) is 12.1 Å². The Morgan fingerprint density at radius 1 is 1.15 bits per heavy atom. The fraction of sp³-hybridized carbons (Fsp3) is 0.348. The number of rotatable bonds is 4. The van der Waals surface area contributed by atoms with Crippen LogP contribution in [0.2, 0.25) is 0 Å². The number of ether oxygens (including phenoxy) is 3. The minimum atomic E-state index is -4.60. The second kappa shape index (κ2) is 8.04. The molecule has 0 bridgehead atoms. The molecule has 0 saturated heterocycles. The standard InChI is InChI=1S/C23H18ClF5N2O3/c1-12(13-8-9-18-19(10-13)34-23(28,29)33-18)32-15-5-2-4-14(11-15)31-20-16(6-3-7-17(20)24)21(30-31)22(25,26)27/h2,4-5,8-12,17H,3,6-7H2,1H3/t12-,17?/m1/s1. The topological polar surface area (TPSA) is 45.5 Å². The van der Waals surface area contributed by atoms with E-state index in [4.69, 9.17) is 16.3 Å². The Morgan fingerprint density at radius 3 is 2.68 bits per heavy atom. The minimum absolute atomic E-state index is 0.0810. The third-order valence-corrected chi connectivity index (χ3v) is 6.17. The van der Waals surface area contributed by atoms with Crippen LogP contribution in [-0.2, 0) is 12.6 Å².